The third kappa shape index (κ3) is 3.17. The van der Waals surface area contributed by atoms with Crippen LogP contribution in [0.15, 0.2) is 29.2 Å². The molecule has 1 aromatic carbocycles. The largest absolute Gasteiger partial charge is 0.301 e. The molecule has 1 atom stereocenters. The number of benzene rings is 1. The minimum atomic E-state index is -3.68. The summed E-state index contributed by atoms with van der Waals surface area (Å²) >= 11 is 1.50. The van der Waals surface area contributed by atoms with E-state index in [0.717, 1.165) is 30.5 Å². The Morgan fingerprint density at radius 2 is 2.00 bits per heavy atom. The van der Waals surface area contributed by atoms with Gasteiger partial charge in [0.15, 0.2) is 5.13 Å². The Hall–Kier alpha value is -1.77. The summed E-state index contributed by atoms with van der Waals surface area (Å²) in [4.78, 5) is 18.7. The van der Waals surface area contributed by atoms with Crippen LogP contribution >= 0.6 is 11.3 Å². The summed E-state index contributed by atoms with van der Waals surface area (Å²) in [6, 6.07) is 6.07. The van der Waals surface area contributed by atoms with Crippen molar-refractivity contribution in [3.8, 4) is 0 Å². The number of nitrogens with zero attached hydrogens (tertiary/aromatic N) is 2. The topological polar surface area (TPSA) is 79.4 Å². The smallest absolute Gasteiger partial charge is 0.244 e. The number of hydrogen-bond donors (Lipinski definition) is 1. The van der Waals surface area contributed by atoms with Crippen LogP contribution in [0.1, 0.15) is 35.4 Å². The number of thiazole rings is 1. The average Bonchev–Trinajstić information content (AvgIpc) is 3.30. The molecule has 1 aliphatic heterocycles. The zero-order chi connectivity index (χ0) is 18.3. The fourth-order valence-corrected chi connectivity index (χ4v) is 6.28. The van der Waals surface area contributed by atoms with Gasteiger partial charge in [-0.2, -0.15) is 4.31 Å². The fraction of sp³-hybridized carbons (Fsp3) is 0.444. The van der Waals surface area contributed by atoms with Gasteiger partial charge in [-0.3, -0.25) is 4.79 Å². The normalized spacial score (nSPS) is 20.3. The van der Waals surface area contributed by atoms with Crippen LogP contribution in [0.2, 0.25) is 0 Å². The Labute approximate surface area is 157 Å². The lowest BCUT2D eigenvalue weighted by Crippen LogP contribution is -2.43. The highest BCUT2D eigenvalue weighted by molar-refractivity contribution is 7.89. The van der Waals surface area contributed by atoms with Crippen molar-refractivity contribution >= 4 is 32.4 Å². The molecule has 6 nitrogen and oxygen atoms in total. The van der Waals surface area contributed by atoms with E-state index in [2.05, 4.69) is 10.3 Å². The average molecular weight is 392 g/mol. The summed E-state index contributed by atoms with van der Waals surface area (Å²) in [5.74, 6) is -0.286. The highest BCUT2D eigenvalue weighted by atomic mass is 32.2. The van der Waals surface area contributed by atoms with E-state index in [-0.39, 0.29) is 10.8 Å². The number of sulfonamides is 1. The first-order chi connectivity index (χ1) is 12.4. The number of nitrogens with one attached hydrogen (secondary N) is 1. The van der Waals surface area contributed by atoms with Crippen molar-refractivity contribution in [3.63, 3.8) is 0 Å². The zero-order valence-corrected chi connectivity index (χ0v) is 16.2. The second-order valence-electron chi connectivity index (χ2n) is 6.82. The number of amides is 1. The van der Waals surface area contributed by atoms with Gasteiger partial charge >= 0.3 is 0 Å². The molecule has 1 amide bonds. The minimum absolute atomic E-state index is 0.232. The lowest BCUT2D eigenvalue weighted by molar-refractivity contribution is -0.119. The zero-order valence-electron chi connectivity index (χ0n) is 14.6. The fourth-order valence-electron chi connectivity index (χ4n) is 3.57. The molecule has 8 heteroatoms. The van der Waals surface area contributed by atoms with Gasteiger partial charge in [0.05, 0.1) is 10.6 Å². The van der Waals surface area contributed by atoms with E-state index in [0.29, 0.717) is 24.5 Å². The maximum Gasteiger partial charge on any atom is 0.244 e. The Kier molecular flexibility index (Phi) is 4.58. The summed E-state index contributed by atoms with van der Waals surface area (Å²) in [5, 5.41) is 3.42. The molecule has 1 fully saturated rings. The molecule has 1 aliphatic carbocycles. The number of anilines is 1. The lowest BCUT2D eigenvalue weighted by atomic mass is 10.2. The third-order valence-corrected chi connectivity index (χ3v) is 7.95. The summed E-state index contributed by atoms with van der Waals surface area (Å²) in [6.45, 7) is 2.27. The molecular formula is C18H21N3O3S2. The minimum Gasteiger partial charge on any atom is -0.301 e. The highest BCUT2D eigenvalue weighted by Gasteiger charge is 2.39. The number of rotatable bonds is 4. The van der Waals surface area contributed by atoms with Crippen molar-refractivity contribution < 1.29 is 13.2 Å². The Bertz CT molecular complexity index is 914. The van der Waals surface area contributed by atoms with Crippen LogP contribution in [0.4, 0.5) is 5.13 Å². The quantitative estimate of drug-likeness (QED) is 0.869. The van der Waals surface area contributed by atoms with Gasteiger partial charge in [0.1, 0.15) is 6.04 Å². The molecule has 2 aromatic rings. The predicted molar refractivity (Wildman–Crippen MR) is 101 cm³/mol. The van der Waals surface area contributed by atoms with Crippen LogP contribution in [0.25, 0.3) is 0 Å². The Morgan fingerprint density at radius 3 is 2.73 bits per heavy atom. The van der Waals surface area contributed by atoms with Crippen LogP contribution in [-0.2, 0) is 27.7 Å². The lowest BCUT2D eigenvalue weighted by Gasteiger charge is -2.23. The molecule has 2 aliphatic rings. The van der Waals surface area contributed by atoms with Crippen molar-refractivity contribution in [1.29, 1.82) is 0 Å². The van der Waals surface area contributed by atoms with Gasteiger partial charge in [-0.05, 0) is 51.2 Å². The first-order valence-corrected chi connectivity index (χ1v) is 11.1. The van der Waals surface area contributed by atoms with Crippen molar-refractivity contribution in [1.82, 2.24) is 9.29 Å². The molecule has 4 rings (SSSR count). The Morgan fingerprint density at radius 1 is 1.23 bits per heavy atom. The summed E-state index contributed by atoms with van der Waals surface area (Å²) in [6.07, 6.45) is 4.30. The van der Waals surface area contributed by atoms with Gasteiger partial charge in [-0.25, -0.2) is 13.4 Å². The SMILES string of the molecule is Cc1ccc(S(=O)(=O)N2CCCC2C(=O)Nc2nc3c(s2)CCC3)cc1. The first kappa shape index (κ1) is 17.6. The molecule has 1 aromatic heterocycles. The van der Waals surface area contributed by atoms with E-state index < -0.39 is 16.1 Å². The number of carbonyl (C=O) groups is 1. The molecule has 138 valence electrons. The monoisotopic (exact) mass is 391 g/mol. The van der Waals surface area contributed by atoms with E-state index in [4.69, 9.17) is 0 Å². The van der Waals surface area contributed by atoms with Crippen LogP contribution in [-0.4, -0.2) is 36.2 Å². The van der Waals surface area contributed by atoms with Gasteiger partial charge in [-0.1, -0.05) is 17.7 Å². The molecule has 0 radical (unpaired) electrons. The van der Waals surface area contributed by atoms with Crippen molar-refractivity contribution in [2.75, 3.05) is 11.9 Å². The molecule has 1 unspecified atom stereocenters. The summed E-state index contributed by atoms with van der Waals surface area (Å²) < 4.78 is 27.2. The maximum atomic E-state index is 13.0. The molecule has 2 heterocycles. The van der Waals surface area contributed by atoms with Gasteiger partial charge in [-0.15, -0.1) is 11.3 Å². The van der Waals surface area contributed by atoms with E-state index in [1.54, 1.807) is 24.3 Å². The highest BCUT2D eigenvalue weighted by Crippen LogP contribution is 2.32. The van der Waals surface area contributed by atoms with Crippen molar-refractivity contribution in [2.24, 2.45) is 0 Å². The third-order valence-electron chi connectivity index (χ3n) is 4.96. The molecule has 0 spiro atoms. The molecular weight excluding hydrogens is 370 g/mol. The maximum absolute atomic E-state index is 13.0. The number of fused-ring (bicyclic) bond motifs is 1. The van der Waals surface area contributed by atoms with Gasteiger partial charge in [0, 0.05) is 11.4 Å². The molecule has 0 saturated carbocycles. The van der Waals surface area contributed by atoms with Crippen molar-refractivity contribution in [2.45, 2.75) is 50.0 Å². The summed E-state index contributed by atoms with van der Waals surface area (Å²) in [5.41, 5.74) is 2.07. The number of aryl methyl sites for hydroxylation is 3. The molecule has 1 N–H and O–H groups in total. The van der Waals surface area contributed by atoms with E-state index >= 15 is 0 Å². The second-order valence-corrected chi connectivity index (χ2v) is 9.79. The van der Waals surface area contributed by atoms with Crippen LogP contribution in [0.3, 0.4) is 0 Å². The number of carbonyl (C=O) groups excluding carboxylic acids is 1. The number of aromatic nitrogens is 1. The number of hydrogen-bond acceptors (Lipinski definition) is 5. The first-order valence-electron chi connectivity index (χ1n) is 8.83. The second kappa shape index (κ2) is 6.75. The van der Waals surface area contributed by atoms with Gasteiger partial charge in [0.25, 0.3) is 0 Å². The van der Waals surface area contributed by atoms with Crippen LogP contribution in [0, 0.1) is 6.92 Å². The molecule has 26 heavy (non-hydrogen) atoms. The van der Waals surface area contributed by atoms with Gasteiger partial charge in [0.2, 0.25) is 15.9 Å². The summed E-state index contributed by atoms with van der Waals surface area (Å²) in [7, 11) is -3.68. The van der Waals surface area contributed by atoms with Crippen LogP contribution < -0.4 is 5.32 Å². The standard InChI is InChI=1S/C18H21N3O3S2/c1-12-7-9-13(10-8-12)26(23,24)21-11-3-5-15(21)17(22)20-18-19-14-4-2-6-16(14)25-18/h7-10,15H,2-6,11H2,1H3,(H,19,20,22). The van der Waals surface area contributed by atoms with Gasteiger partial charge < -0.3 is 5.32 Å². The molecule has 0 bridgehead atoms. The molecule has 1 saturated heterocycles. The van der Waals surface area contributed by atoms with Crippen molar-refractivity contribution in [3.05, 3.63) is 40.4 Å². The Balaban J connectivity index is 1.53. The van der Waals surface area contributed by atoms with Crippen LogP contribution in [0.5, 0.6) is 0 Å². The van der Waals surface area contributed by atoms with E-state index in [1.807, 2.05) is 6.92 Å². The predicted octanol–water partition coefficient (Wildman–Crippen LogP) is 2.73. The van der Waals surface area contributed by atoms with E-state index in [9.17, 15) is 13.2 Å². The van der Waals surface area contributed by atoms with E-state index in [1.165, 1.54) is 20.5 Å².